The lowest BCUT2D eigenvalue weighted by molar-refractivity contribution is 0.416. The van der Waals surface area contributed by atoms with E-state index in [1.54, 1.807) is 7.11 Å². The van der Waals surface area contributed by atoms with Crippen LogP contribution in [0.15, 0.2) is 60.7 Å². The van der Waals surface area contributed by atoms with E-state index in [0.29, 0.717) is 0 Å². The maximum Gasteiger partial charge on any atom is 0.126 e. The van der Waals surface area contributed by atoms with E-state index in [1.165, 1.54) is 33.9 Å². The zero-order valence-electron chi connectivity index (χ0n) is 15.1. The van der Waals surface area contributed by atoms with Crippen molar-refractivity contribution in [2.24, 2.45) is 0 Å². The van der Waals surface area contributed by atoms with Gasteiger partial charge in [-0.25, -0.2) is 0 Å². The van der Waals surface area contributed by atoms with Crippen LogP contribution in [0.1, 0.15) is 5.56 Å². The van der Waals surface area contributed by atoms with Gasteiger partial charge in [-0.2, -0.15) is 0 Å². The van der Waals surface area contributed by atoms with Gasteiger partial charge in [0.2, 0.25) is 0 Å². The van der Waals surface area contributed by atoms with Crippen LogP contribution in [0.4, 0.5) is 22.7 Å². The van der Waals surface area contributed by atoms with Gasteiger partial charge in [-0.3, -0.25) is 0 Å². The minimum Gasteiger partial charge on any atom is -0.496 e. The van der Waals surface area contributed by atoms with Crippen molar-refractivity contribution in [1.29, 1.82) is 0 Å². The van der Waals surface area contributed by atoms with Crippen LogP contribution in [0.2, 0.25) is 0 Å². The second kappa shape index (κ2) is 5.85. The molecule has 3 heteroatoms. The molecule has 0 unspecified atom stereocenters. The van der Waals surface area contributed by atoms with Crippen molar-refractivity contribution in [3.63, 3.8) is 0 Å². The van der Waals surface area contributed by atoms with Crippen LogP contribution < -0.4 is 14.5 Å². The molecule has 0 fully saturated rings. The third kappa shape index (κ3) is 2.35. The molecule has 0 aromatic heterocycles. The third-order valence-corrected chi connectivity index (χ3v) is 5.05. The number of benzene rings is 3. The number of methoxy groups -OCH3 is 1. The van der Waals surface area contributed by atoms with Crippen molar-refractivity contribution in [3.05, 3.63) is 66.2 Å². The van der Waals surface area contributed by atoms with Gasteiger partial charge in [-0.1, -0.05) is 30.3 Å². The van der Waals surface area contributed by atoms with Crippen LogP contribution in [-0.2, 0) is 0 Å². The summed E-state index contributed by atoms with van der Waals surface area (Å²) in [5.41, 5.74) is 8.38. The molecule has 1 aliphatic heterocycles. The predicted molar refractivity (Wildman–Crippen MR) is 106 cm³/mol. The molecule has 3 aromatic carbocycles. The number of ether oxygens (including phenoxy) is 1. The molecule has 0 saturated carbocycles. The summed E-state index contributed by atoms with van der Waals surface area (Å²) in [6.45, 7) is 2.13. The SMILES string of the molecule is COc1cccc(C)c1-c1ccc2c(c1)N(C)c1ccccc1N2C. The Morgan fingerprint density at radius 3 is 2.04 bits per heavy atom. The van der Waals surface area contributed by atoms with Crippen LogP contribution in [0.25, 0.3) is 11.1 Å². The Morgan fingerprint density at radius 1 is 0.720 bits per heavy atom. The van der Waals surface area contributed by atoms with Crippen molar-refractivity contribution in [2.45, 2.75) is 6.92 Å². The second-order valence-electron chi connectivity index (χ2n) is 6.46. The molecule has 0 spiro atoms. The maximum atomic E-state index is 5.60. The van der Waals surface area contributed by atoms with Crippen molar-refractivity contribution in [1.82, 2.24) is 0 Å². The molecule has 4 rings (SSSR count). The van der Waals surface area contributed by atoms with E-state index < -0.39 is 0 Å². The first-order valence-corrected chi connectivity index (χ1v) is 8.46. The number of fused-ring (bicyclic) bond motifs is 2. The molecule has 0 N–H and O–H groups in total. The van der Waals surface area contributed by atoms with Crippen molar-refractivity contribution < 1.29 is 4.74 Å². The van der Waals surface area contributed by atoms with Crippen molar-refractivity contribution in [3.8, 4) is 16.9 Å². The zero-order chi connectivity index (χ0) is 17.6. The van der Waals surface area contributed by atoms with Gasteiger partial charge >= 0.3 is 0 Å². The average Bonchev–Trinajstić information content (AvgIpc) is 2.65. The highest BCUT2D eigenvalue weighted by atomic mass is 16.5. The molecule has 0 aliphatic carbocycles. The van der Waals surface area contributed by atoms with Crippen LogP contribution in [0.3, 0.4) is 0 Å². The van der Waals surface area contributed by atoms with E-state index in [-0.39, 0.29) is 0 Å². The average molecular weight is 330 g/mol. The molecule has 25 heavy (non-hydrogen) atoms. The number of hydrogen-bond acceptors (Lipinski definition) is 3. The highest BCUT2D eigenvalue weighted by Crippen LogP contribution is 2.48. The van der Waals surface area contributed by atoms with Crippen LogP contribution in [-0.4, -0.2) is 21.2 Å². The number of aryl methyl sites for hydroxylation is 1. The minimum absolute atomic E-state index is 0.909. The highest BCUT2D eigenvalue weighted by molar-refractivity contribution is 5.94. The Morgan fingerprint density at radius 2 is 1.36 bits per heavy atom. The van der Waals surface area contributed by atoms with Gasteiger partial charge < -0.3 is 14.5 Å². The van der Waals surface area contributed by atoms with E-state index in [1.807, 2.05) is 12.1 Å². The number of hydrogen-bond donors (Lipinski definition) is 0. The Hall–Kier alpha value is -2.94. The summed E-state index contributed by atoms with van der Waals surface area (Å²) in [5, 5.41) is 0. The normalized spacial score (nSPS) is 12.6. The standard InChI is InChI=1S/C22H22N2O/c1-15-8-7-11-21(25-4)22(15)16-12-13-19-20(14-16)24(3)18-10-6-5-9-17(18)23(19)2/h5-14H,1-4H3. The first-order chi connectivity index (χ1) is 12.1. The molecular weight excluding hydrogens is 308 g/mol. The summed E-state index contributed by atoms with van der Waals surface area (Å²) < 4.78 is 5.60. The molecule has 0 saturated heterocycles. The first-order valence-electron chi connectivity index (χ1n) is 8.46. The molecule has 0 bridgehead atoms. The van der Waals surface area contributed by atoms with Gasteiger partial charge in [-0.15, -0.1) is 0 Å². The molecule has 0 atom stereocenters. The van der Waals surface area contributed by atoms with E-state index in [2.05, 4.69) is 79.3 Å². The molecule has 0 radical (unpaired) electrons. The molecule has 1 aliphatic rings. The van der Waals surface area contributed by atoms with Crippen LogP contribution in [0, 0.1) is 6.92 Å². The second-order valence-corrected chi connectivity index (χ2v) is 6.46. The lowest BCUT2D eigenvalue weighted by Gasteiger charge is -2.36. The zero-order valence-corrected chi connectivity index (χ0v) is 15.1. The van der Waals surface area contributed by atoms with Gasteiger partial charge in [0.25, 0.3) is 0 Å². The maximum absolute atomic E-state index is 5.60. The smallest absolute Gasteiger partial charge is 0.126 e. The third-order valence-electron chi connectivity index (χ3n) is 5.05. The lowest BCUT2D eigenvalue weighted by Crippen LogP contribution is -2.24. The monoisotopic (exact) mass is 330 g/mol. The molecular formula is C22H22N2O. The van der Waals surface area contributed by atoms with E-state index in [4.69, 9.17) is 4.74 Å². The number of para-hydroxylation sites is 2. The molecule has 126 valence electrons. The van der Waals surface area contributed by atoms with Crippen molar-refractivity contribution >= 4 is 22.7 Å². The highest BCUT2D eigenvalue weighted by Gasteiger charge is 2.24. The molecule has 3 aromatic rings. The largest absolute Gasteiger partial charge is 0.496 e. The fourth-order valence-corrected chi connectivity index (χ4v) is 3.70. The summed E-state index contributed by atoms with van der Waals surface area (Å²) in [4.78, 5) is 4.52. The fourth-order valence-electron chi connectivity index (χ4n) is 3.70. The number of anilines is 4. The molecule has 0 amide bonds. The Bertz CT molecular complexity index is 949. The molecule has 1 heterocycles. The van der Waals surface area contributed by atoms with Crippen LogP contribution >= 0.6 is 0 Å². The van der Waals surface area contributed by atoms with Gasteiger partial charge in [0, 0.05) is 19.7 Å². The summed E-state index contributed by atoms with van der Waals surface area (Å²) in [5.74, 6) is 0.909. The van der Waals surface area contributed by atoms with E-state index in [9.17, 15) is 0 Å². The van der Waals surface area contributed by atoms with Crippen molar-refractivity contribution in [2.75, 3.05) is 31.0 Å². The van der Waals surface area contributed by atoms with Gasteiger partial charge in [-0.05, 0) is 48.4 Å². The predicted octanol–water partition coefficient (Wildman–Crippen LogP) is 5.52. The number of nitrogens with zero attached hydrogens (tertiary/aromatic N) is 2. The number of rotatable bonds is 2. The summed E-state index contributed by atoms with van der Waals surface area (Å²) in [6, 6.07) is 21.3. The van der Waals surface area contributed by atoms with E-state index in [0.717, 1.165) is 11.3 Å². The Balaban J connectivity index is 1.90. The molecule has 3 nitrogen and oxygen atoms in total. The van der Waals surface area contributed by atoms with Gasteiger partial charge in [0.1, 0.15) is 5.75 Å². The quantitative estimate of drug-likeness (QED) is 0.615. The van der Waals surface area contributed by atoms with Gasteiger partial charge in [0.15, 0.2) is 0 Å². The Labute approximate surface area is 149 Å². The van der Waals surface area contributed by atoms with E-state index >= 15 is 0 Å². The summed E-state index contributed by atoms with van der Waals surface area (Å²) in [6.07, 6.45) is 0. The topological polar surface area (TPSA) is 15.7 Å². The van der Waals surface area contributed by atoms with Gasteiger partial charge in [0.05, 0.1) is 29.9 Å². The summed E-state index contributed by atoms with van der Waals surface area (Å²) >= 11 is 0. The fraction of sp³-hybridized carbons (Fsp3) is 0.182. The lowest BCUT2D eigenvalue weighted by atomic mass is 9.97. The Kier molecular flexibility index (Phi) is 3.65. The minimum atomic E-state index is 0.909. The summed E-state index contributed by atoms with van der Waals surface area (Å²) in [7, 11) is 5.98. The first kappa shape index (κ1) is 15.6. The van der Waals surface area contributed by atoms with Crippen LogP contribution in [0.5, 0.6) is 5.75 Å².